The van der Waals surface area contributed by atoms with Gasteiger partial charge in [-0.2, -0.15) is 0 Å². The molecule has 0 amide bonds. The van der Waals surface area contributed by atoms with Crippen LogP contribution in [0.5, 0.6) is 0 Å². The zero-order valence-electron chi connectivity index (χ0n) is 12.6. The number of nitrogens with zero attached hydrogens (tertiary/aromatic N) is 4. The summed E-state index contributed by atoms with van der Waals surface area (Å²) in [6.45, 7) is 2.11. The van der Waals surface area contributed by atoms with Crippen LogP contribution in [0.2, 0.25) is 0 Å². The first-order valence-electron chi connectivity index (χ1n) is 7.41. The Bertz CT molecular complexity index is 591. The van der Waals surface area contributed by atoms with Crippen LogP contribution < -0.4 is 10.2 Å². The Balaban J connectivity index is 2.01. The highest BCUT2D eigenvalue weighted by Gasteiger charge is 2.19. The second kappa shape index (κ2) is 6.18. The highest BCUT2D eigenvalue weighted by Crippen LogP contribution is 2.26. The van der Waals surface area contributed by atoms with Crippen LogP contribution in [0, 0.1) is 0 Å². The third kappa shape index (κ3) is 3.19. The summed E-state index contributed by atoms with van der Waals surface area (Å²) in [4.78, 5) is 15.6. The standard InChI is InChI=1S/C16H21N5/c1-21(2)15-9-14(12-5-3-7-17-10-12)19-16(20-15)13-6-4-8-18-11-13/h4,6,8-9,11-12,17H,3,5,7,10H2,1-2H3. The summed E-state index contributed by atoms with van der Waals surface area (Å²) in [6.07, 6.45) is 5.97. The molecule has 5 nitrogen and oxygen atoms in total. The number of pyridine rings is 1. The molecule has 0 saturated carbocycles. The van der Waals surface area contributed by atoms with Gasteiger partial charge < -0.3 is 10.2 Å². The number of rotatable bonds is 3. The molecule has 0 aliphatic carbocycles. The van der Waals surface area contributed by atoms with Crippen LogP contribution in [0.25, 0.3) is 11.4 Å². The van der Waals surface area contributed by atoms with E-state index in [1.54, 1.807) is 6.20 Å². The summed E-state index contributed by atoms with van der Waals surface area (Å²) < 4.78 is 0. The maximum absolute atomic E-state index is 4.79. The second-order valence-electron chi connectivity index (χ2n) is 5.65. The lowest BCUT2D eigenvalue weighted by molar-refractivity contribution is 0.454. The van der Waals surface area contributed by atoms with Crippen LogP contribution in [0.1, 0.15) is 24.5 Å². The van der Waals surface area contributed by atoms with Crippen molar-refractivity contribution in [2.24, 2.45) is 0 Å². The van der Waals surface area contributed by atoms with Gasteiger partial charge in [-0.05, 0) is 31.5 Å². The van der Waals surface area contributed by atoms with E-state index in [2.05, 4.69) is 21.4 Å². The minimum atomic E-state index is 0.468. The molecule has 0 spiro atoms. The third-order valence-electron chi connectivity index (χ3n) is 3.83. The Hall–Kier alpha value is -2.01. The molecule has 1 saturated heterocycles. The van der Waals surface area contributed by atoms with E-state index in [0.717, 1.165) is 36.0 Å². The van der Waals surface area contributed by atoms with Gasteiger partial charge in [0.2, 0.25) is 0 Å². The van der Waals surface area contributed by atoms with Crippen molar-refractivity contribution >= 4 is 5.82 Å². The lowest BCUT2D eigenvalue weighted by Gasteiger charge is -2.24. The van der Waals surface area contributed by atoms with Gasteiger partial charge in [0.15, 0.2) is 5.82 Å². The third-order valence-corrected chi connectivity index (χ3v) is 3.83. The molecule has 3 heterocycles. The smallest absolute Gasteiger partial charge is 0.163 e. The lowest BCUT2D eigenvalue weighted by atomic mass is 9.95. The van der Waals surface area contributed by atoms with Crippen LogP contribution in [0.4, 0.5) is 5.82 Å². The summed E-state index contributed by atoms with van der Waals surface area (Å²) in [5.41, 5.74) is 2.09. The molecule has 1 unspecified atom stereocenters. The summed E-state index contributed by atoms with van der Waals surface area (Å²) >= 11 is 0. The number of aromatic nitrogens is 3. The molecule has 3 rings (SSSR count). The van der Waals surface area contributed by atoms with Crippen molar-refractivity contribution in [3.8, 4) is 11.4 Å². The van der Waals surface area contributed by atoms with Crippen molar-refractivity contribution in [3.63, 3.8) is 0 Å². The first kappa shape index (κ1) is 13.9. The van der Waals surface area contributed by atoms with E-state index < -0.39 is 0 Å². The molecule has 2 aromatic rings. The average molecular weight is 283 g/mol. The molecule has 5 heteroatoms. The summed E-state index contributed by atoms with van der Waals surface area (Å²) in [5, 5.41) is 3.45. The summed E-state index contributed by atoms with van der Waals surface area (Å²) in [5.74, 6) is 2.18. The van der Waals surface area contributed by atoms with E-state index in [1.807, 2.05) is 37.3 Å². The number of anilines is 1. The predicted molar refractivity (Wildman–Crippen MR) is 84.4 cm³/mol. The van der Waals surface area contributed by atoms with E-state index in [9.17, 15) is 0 Å². The minimum Gasteiger partial charge on any atom is -0.363 e. The van der Waals surface area contributed by atoms with Gasteiger partial charge in [-0.1, -0.05) is 0 Å². The SMILES string of the molecule is CN(C)c1cc(C2CCCNC2)nc(-c2cccnc2)n1. The van der Waals surface area contributed by atoms with Crippen molar-refractivity contribution in [1.29, 1.82) is 0 Å². The summed E-state index contributed by atoms with van der Waals surface area (Å²) in [7, 11) is 4.02. The molecule has 1 fully saturated rings. The van der Waals surface area contributed by atoms with Crippen molar-refractivity contribution in [2.75, 3.05) is 32.1 Å². The fourth-order valence-electron chi connectivity index (χ4n) is 2.62. The number of hydrogen-bond acceptors (Lipinski definition) is 5. The molecule has 1 atom stereocenters. The first-order chi connectivity index (χ1) is 10.2. The van der Waals surface area contributed by atoms with Gasteiger partial charge in [-0.3, -0.25) is 4.98 Å². The quantitative estimate of drug-likeness (QED) is 0.934. The molecule has 0 aromatic carbocycles. The van der Waals surface area contributed by atoms with Crippen LogP contribution in [0.3, 0.4) is 0 Å². The van der Waals surface area contributed by atoms with Gasteiger partial charge in [0, 0.05) is 50.6 Å². The molecule has 110 valence electrons. The van der Waals surface area contributed by atoms with Gasteiger partial charge in [0.1, 0.15) is 5.82 Å². The van der Waals surface area contributed by atoms with E-state index in [4.69, 9.17) is 4.98 Å². The number of nitrogens with one attached hydrogen (secondary N) is 1. The van der Waals surface area contributed by atoms with Crippen LogP contribution >= 0.6 is 0 Å². The maximum Gasteiger partial charge on any atom is 0.163 e. The van der Waals surface area contributed by atoms with Gasteiger partial charge in [-0.25, -0.2) is 9.97 Å². The normalized spacial score (nSPS) is 18.5. The molecular weight excluding hydrogens is 262 g/mol. The maximum atomic E-state index is 4.79. The summed E-state index contributed by atoms with van der Waals surface area (Å²) in [6, 6.07) is 6.03. The fraction of sp³-hybridized carbons (Fsp3) is 0.438. The Labute approximate surface area is 125 Å². The van der Waals surface area contributed by atoms with Gasteiger partial charge in [-0.15, -0.1) is 0 Å². The van der Waals surface area contributed by atoms with Gasteiger partial charge in [0.05, 0.1) is 5.69 Å². The molecular formula is C16H21N5. The largest absolute Gasteiger partial charge is 0.363 e. The molecule has 0 radical (unpaired) electrons. The monoisotopic (exact) mass is 283 g/mol. The molecule has 2 aromatic heterocycles. The molecule has 0 bridgehead atoms. The van der Waals surface area contributed by atoms with Gasteiger partial charge >= 0.3 is 0 Å². The topological polar surface area (TPSA) is 53.9 Å². The first-order valence-corrected chi connectivity index (χ1v) is 7.41. The fourth-order valence-corrected chi connectivity index (χ4v) is 2.62. The molecule has 1 aliphatic heterocycles. The zero-order chi connectivity index (χ0) is 14.7. The Morgan fingerprint density at radius 2 is 2.19 bits per heavy atom. The highest BCUT2D eigenvalue weighted by molar-refractivity contribution is 5.56. The minimum absolute atomic E-state index is 0.468. The van der Waals surface area contributed by atoms with E-state index in [0.29, 0.717) is 5.92 Å². The van der Waals surface area contributed by atoms with E-state index >= 15 is 0 Å². The number of piperidine rings is 1. The zero-order valence-corrected chi connectivity index (χ0v) is 12.6. The molecule has 21 heavy (non-hydrogen) atoms. The molecule has 1 aliphatic rings. The van der Waals surface area contributed by atoms with Crippen LogP contribution in [-0.4, -0.2) is 42.1 Å². The van der Waals surface area contributed by atoms with Crippen molar-refractivity contribution in [3.05, 3.63) is 36.3 Å². The van der Waals surface area contributed by atoms with Crippen LogP contribution in [-0.2, 0) is 0 Å². The van der Waals surface area contributed by atoms with Crippen molar-refractivity contribution in [1.82, 2.24) is 20.3 Å². The van der Waals surface area contributed by atoms with Crippen molar-refractivity contribution in [2.45, 2.75) is 18.8 Å². The van der Waals surface area contributed by atoms with E-state index in [-0.39, 0.29) is 0 Å². The Kier molecular flexibility index (Phi) is 4.10. The Morgan fingerprint density at radius 1 is 1.29 bits per heavy atom. The number of hydrogen-bond donors (Lipinski definition) is 1. The average Bonchev–Trinajstić information content (AvgIpc) is 2.56. The van der Waals surface area contributed by atoms with Crippen molar-refractivity contribution < 1.29 is 0 Å². The highest BCUT2D eigenvalue weighted by atomic mass is 15.1. The second-order valence-corrected chi connectivity index (χ2v) is 5.65. The lowest BCUT2D eigenvalue weighted by Crippen LogP contribution is -2.29. The van der Waals surface area contributed by atoms with E-state index in [1.165, 1.54) is 12.8 Å². The predicted octanol–water partition coefficient (Wildman–Crippen LogP) is 2.07. The van der Waals surface area contributed by atoms with Crippen LogP contribution in [0.15, 0.2) is 30.6 Å². The Morgan fingerprint density at radius 3 is 2.86 bits per heavy atom. The van der Waals surface area contributed by atoms with Gasteiger partial charge in [0.25, 0.3) is 0 Å². The molecule has 1 N–H and O–H groups in total.